The molecule has 0 radical (unpaired) electrons. The highest BCUT2D eigenvalue weighted by atomic mass is 32.1. The van der Waals surface area contributed by atoms with Crippen LogP contribution in [0, 0.1) is 0 Å². The summed E-state index contributed by atoms with van der Waals surface area (Å²) in [5.41, 5.74) is -0.825. The first kappa shape index (κ1) is 15.4. The first-order valence-corrected chi connectivity index (χ1v) is 6.83. The van der Waals surface area contributed by atoms with Crippen LogP contribution in [-0.2, 0) is 4.79 Å². The van der Waals surface area contributed by atoms with E-state index >= 15 is 0 Å². The van der Waals surface area contributed by atoms with Crippen LogP contribution in [0.5, 0.6) is 0 Å². The molecular formula is C13H17NO4S. The lowest BCUT2D eigenvalue weighted by molar-refractivity contribution is -0.144. The van der Waals surface area contributed by atoms with Crippen molar-refractivity contribution in [2.75, 3.05) is 0 Å². The number of carbonyl (C=O) groups excluding carboxylic acids is 2. The lowest BCUT2D eigenvalue weighted by atomic mass is 9.96. The number of thiophene rings is 1. The van der Waals surface area contributed by atoms with Gasteiger partial charge in [0.25, 0.3) is 5.91 Å². The zero-order valence-corrected chi connectivity index (χ0v) is 12.0. The van der Waals surface area contributed by atoms with Crippen molar-refractivity contribution in [1.29, 1.82) is 0 Å². The van der Waals surface area contributed by atoms with Crippen LogP contribution in [0.1, 0.15) is 53.6 Å². The van der Waals surface area contributed by atoms with E-state index in [1.807, 2.05) is 6.92 Å². The highest BCUT2D eigenvalue weighted by Gasteiger charge is 2.34. The van der Waals surface area contributed by atoms with Crippen LogP contribution < -0.4 is 5.32 Å². The standard InChI is InChI=1S/C13H17NO4S/c1-4-5-13(3,12(17)18)14-11(16)10-6-9(7-19-10)8(2)15/h6-7H,4-5H2,1-3H3,(H,14,16)(H,17,18). The summed E-state index contributed by atoms with van der Waals surface area (Å²) in [7, 11) is 0. The third-order valence-corrected chi connectivity index (χ3v) is 3.77. The lowest BCUT2D eigenvalue weighted by Crippen LogP contribution is -2.51. The summed E-state index contributed by atoms with van der Waals surface area (Å²) in [6, 6.07) is 1.48. The highest BCUT2D eigenvalue weighted by Crippen LogP contribution is 2.18. The number of aliphatic carboxylic acids is 1. The molecule has 1 rings (SSSR count). The fraction of sp³-hybridized carbons (Fsp3) is 0.462. The van der Waals surface area contributed by atoms with Crippen LogP contribution in [-0.4, -0.2) is 28.3 Å². The molecule has 1 aromatic rings. The Bertz CT molecular complexity index is 508. The van der Waals surface area contributed by atoms with E-state index in [4.69, 9.17) is 0 Å². The smallest absolute Gasteiger partial charge is 0.329 e. The van der Waals surface area contributed by atoms with Crippen LogP contribution in [0.4, 0.5) is 0 Å². The summed E-state index contributed by atoms with van der Waals surface area (Å²) in [5, 5.41) is 13.3. The van der Waals surface area contributed by atoms with Crippen molar-refractivity contribution < 1.29 is 19.5 Å². The molecule has 0 spiro atoms. The van der Waals surface area contributed by atoms with Gasteiger partial charge in [-0.25, -0.2) is 4.79 Å². The molecule has 0 fully saturated rings. The first-order chi connectivity index (χ1) is 8.80. The second-order valence-corrected chi connectivity index (χ2v) is 5.51. The van der Waals surface area contributed by atoms with Crippen molar-refractivity contribution in [1.82, 2.24) is 5.32 Å². The van der Waals surface area contributed by atoms with E-state index in [1.165, 1.54) is 19.9 Å². The molecule has 1 heterocycles. The molecule has 0 saturated heterocycles. The largest absolute Gasteiger partial charge is 0.480 e. The molecule has 19 heavy (non-hydrogen) atoms. The van der Waals surface area contributed by atoms with Crippen molar-refractivity contribution in [2.24, 2.45) is 0 Å². The maximum Gasteiger partial charge on any atom is 0.329 e. The molecule has 104 valence electrons. The molecule has 6 heteroatoms. The van der Waals surface area contributed by atoms with Gasteiger partial charge >= 0.3 is 5.97 Å². The fourth-order valence-electron chi connectivity index (χ4n) is 1.67. The predicted octanol–water partition coefficient (Wildman–Crippen LogP) is 2.32. The van der Waals surface area contributed by atoms with E-state index in [2.05, 4.69) is 5.32 Å². The number of amides is 1. The van der Waals surface area contributed by atoms with E-state index in [-0.39, 0.29) is 5.78 Å². The molecule has 0 aliphatic carbocycles. The van der Waals surface area contributed by atoms with Crippen molar-refractivity contribution in [3.63, 3.8) is 0 Å². The topological polar surface area (TPSA) is 83.5 Å². The van der Waals surface area contributed by atoms with Gasteiger partial charge in [0, 0.05) is 10.9 Å². The Morgan fingerprint density at radius 1 is 1.42 bits per heavy atom. The van der Waals surface area contributed by atoms with Gasteiger partial charge in [-0.1, -0.05) is 13.3 Å². The Kier molecular flexibility index (Phi) is 4.83. The van der Waals surface area contributed by atoms with Gasteiger partial charge in [-0.05, 0) is 26.3 Å². The van der Waals surface area contributed by atoms with Gasteiger partial charge in [0.2, 0.25) is 0 Å². The quantitative estimate of drug-likeness (QED) is 0.785. The monoisotopic (exact) mass is 283 g/mol. The summed E-state index contributed by atoms with van der Waals surface area (Å²) >= 11 is 1.13. The highest BCUT2D eigenvalue weighted by molar-refractivity contribution is 7.12. The lowest BCUT2D eigenvalue weighted by Gasteiger charge is -2.25. The maximum absolute atomic E-state index is 12.0. The molecule has 0 bridgehead atoms. The van der Waals surface area contributed by atoms with Gasteiger partial charge in [0.1, 0.15) is 5.54 Å². The number of rotatable bonds is 6. The SMILES string of the molecule is CCCC(C)(NC(=O)c1cc(C(C)=O)cs1)C(=O)O. The molecule has 1 unspecified atom stereocenters. The molecule has 1 amide bonds. The number of ketones is 1. The number of carbonyl (C=O) groups is 3. The van der Waals surface area contributed by atoms with Crippen molar-refractivity contribution >= 4 is 29.0 Å². The summed E-state index contributed by atoms with van der Waals surface area (Å²) in [6.45, 7) is 4.75. The minimum absolute atomic E-state index is 0.121. The number of hydrogen-bond donors (Lipinski definition) is 2. The molecule has 2 N–H and O–H groups in total. The number of carboxylic acid groups (broad SMARTS) is 1. The van der Waals surface area contributed by atoms with Gasteiger partial charge < -0.3 is 10.4 Å². The van der Waals surface area contributed by atoms with E-state index in [9.17, 15) is 19.5 Å². The minimum atomic E-state index is -1.29. The summed E-state index contributed by atoms with van der Waals surface area (Å²) in [5.74, 6) is -1.65. The Hall–Kier alpha value is -1.69. The molecular weight excluding hydrogens is 266 g/mol. The molecule has 0 aromatic carbocycles. The number of Topliss-reactive ketones (excluding diaryl/α,β-unsaturated/α-hetero) is 1. The van der Waals surface area contributed by atoms with Gasteiger partial charge in [0.05, 0.1) is 4.88 Å². The van der Waals surface area contributed by atoms with E-state index < -0.39 is 17.4 Å². The molecule has 1 aromatic heterocycles. The van der Waals surface area contributed by atoms with Gasteiger partial charge in [-0.3, -0.25) is 9.59 Å². The van der Waals surface area contributed by atoms with E-state index in [1.54, 1.807) is 5.38 Å². The van der Waals surface area contributed by atoms with Crippen LogP contribution in [0.3, 0.4) is 0 Å². The molecule has 0 saturated carbocycles. The van der Waals surface area contributed by atoms with Crippen LogP contribution in [0.15, 0.2) is 11.4 Å². The zero-order chi connectivity index (χ0) is 14.6. The Morgan fingerprint density at radius 2 is 2.05 bits per heavy atom. The molecule has 0 aliphatic heterocycles. The first-order valence-electron chi connectivity index (χ1n) is 5.95. The minimum Gasteiger partial charge on any atom is -0.480 e. The Morgan fingerprint density at radius 3 is 2.47 bits per heavy atom. The zero-order valence-electron chi connectivity index (χ0n) is 11.1. The van der Waals surface area contributed by atoms with Gasteiger partial charge in [-0.2, -0.15) is 0 Å². The number of nitrogens with one attached hydrogen (secondary N) is 1. The third-order valence-electron chi connectivity index (χ3n) is 2.84. The van der Waals surface area contributed by atoms with Crippen LogP contribution in [0.25, 0.3) is 0 Å². The average Bonchev–Trinajstić information content (AvgIpc) is 2.78. The number of carboxylic acids is 1. The summed E-state index contributed by atoms with van der Waals surface area (Å²) in [4.78, 5) is 34.7. The third kappa shape index (κ3) is 3.64. The van der Waals surface area contributed by atoms with Gasteiger partial charge in [-0.15, -0.1) is 11.3 Å². The summed E-state index contributed by atoms with van der Waals surface area (Å²) < 4.78 is 0. The molecule has 1 atom stereocenters. The fourth-order valence-corrected chi connectivity index (χ4v) is 2.52. The predicted molar refractivity (Wildman–Crippen MR) is 72.7 cm³/mol. The average molecular weight is 283 g/mol. The van der Waals surface area contributed by atoms with Gasteiger partial charge in [0.15, 0.2) is 5.78 Å². The van der Waals surface area contributed by atoms with E-state index in [0.717, 1.165) is 11.3 Å². The Labute approximate surface area is 115 Å². The van der Waals surface area contributed by atoms with E-state index in [0.29, 0.717) is 23.3 Å². The summed E-state index contributed by atoms with van der Waals surface area (Å²) in [6.07, 6.45) is 0.991. The molecule has 5 nitrogen and oxygen atoms in total. The normalized spacial score (nSPS) is 13.6. The van der Waals surface area contributed by atoms with Crippen LogP contribution in [0.2, 0.25) is 0 Å². The maximum atomic E-state index is 12.0. The van der Waals surface area contributed by atoms with Crippen LogP contribution >= 0.6 is 11.3 Å². The second kappa shape index (κ2) is 5.97. The second-order valence-electron chi connectivity index (χ2n) is 4.60. The number of hydrogen-bond acceptors (Lipinski definition) is 4. The Balaban J connectivity index is 2.87. The van der Waals surface area contributed by atoms with Crippen molar-refractivity contribution in [3.8, 4) is 0 Å². The van der Waals surface area contributed by atoms with Crippen molar-refractivity contribution in [3.05, 3.63) is 21.9 Å². The van der Waals surface area contributed by atoms with Crippen molar-refractivity contribution in [2.45, 2.75) is 39.2 Å². The molecule has 0 aliphatic rings.